The van der Waals surface area contributed by atoms with Gasteiger partial charge < -0.3 is 14.6 Å². The fourth-order valence-electron chi connectivity index (χ4n) is 4.05. The van der Waals surface area contributed by atoms with Crippen LogP contribution in [-0.4, -0.2) is 24.0 Å². The molecular weight excluding hydrogens is 401 g/mol. The molecule has 5 rings (SSSR count). The van der Waals surface area contributed by atoms with Crippen LogP contribution in [0.3, 0.4) is 0 Å². The lowest BCUT2D eigenvalue weighted by molar-refractivity contribution is -0.122. The third kappa shape index (κ3) is 3.77. The van der Waals surface area contributed by atoms with Gasteiger partial charge in [0.25, 0.3) is 0 Å². The molecule has 0 spiro atoms. The molecule has 0 bridgehead atoms. The first-order valence-corrected chi connectivity index (χ1v) is 11.0. The number of aromatic nitrogens is 1. The predicted molar refractivity (Wildman–Crippen MR) is 117 cm³/mol. The summed E-state index contributed by atoms with van der Waals surface area (Å²) in [6.07, 6.45) is 1.45. The fraction of sp³-hybridized carbons (Fsp3) is 0.304. The van der Waals surface area contributed by atoms with E-state index in [4.69, 9.17) is 9.40 Å². The Kier molecular flexibility index (Phi) is 4.90. The molecule has 2 atom stereocenters. The normalized spacial score (nSPS) is 17.7. The zero-order valence-corrected chi connectivity index (χ0v) is 17.4. The van der Waals surface area contributed by atoms with Gasteiger partial charge in [-0.15, -0.1) is 0 Å². The molecule has 0 radical (unpaired) electrons. The summed E-state index contributed by atoms with van der Waals surface area (Å²) in [5, 5.41) is 4.75. The lowest BCUT2D eigenvalue weighted by Crippen LogP contribution is -2.29. The van der Waals surface area contributed by atoms with Crippen LogP contribution in [0.15, 0.2) is 52.9 Å². The van der Waals surface area contributed by atoms with Crippen LogP contribution in [0.1, 0.15) is 31.6 Å². The standard InChI is InChI=1S/C23H22FN3O2S/c1-14(20-12-16-11-17(24)6-7-19(16)29-20)25-22(28)10-15-8-9-27(13-15)23-26-18-4-2-3-5-21(18)30-23/h2-7,11-12,14-15H,8-10,13H2,1H3,(H,25,28)/t14-,15-/m1/s1. The average Bonchev–Trinajstić information content (AvgIpc) is 3.44. The van der Waals surface area contributed by atoms with E-state index in [9.17, 15) is 9.18 Å². The second kappa shape index (κ2) is 7.72. The number of thiazole rings is 1. The molecule has 1 fully saturated rings. The summed E-state index contributed by atoms with van der Waals surface area (Å²) in [6.45, 7) is 3.64. The highest BCUT2D eigenvalue weighted by Gasteiger charge is 2.27. The number of amides is 1. The van der Waals surface area contributed by atoms with Crippen molar-refractivity contribution in [2.45, 2.75) is 25.8 Å². The Balaban J connectivity index is 1.19. The molecule has 3 heterocycles. The zero-order valence-electron chi connectivity index (χ0n) is 16.6. The number of furan rings is 1. The number of fused-ring (bicyclic) bond motifs is 2. The third-order valence-electron chi connectivity index (χ3n) is 5.61. The number of benzene rings is 2. The van der Waals surface area contributed by atoms with E-state index in [0.29, 0.717) is 29.1 Å². The maximum atomic E-state index is 13.4. The van der Waals surface area contributed by atoms with Crippen molar-refractivity contribution in [3.05, 3.63) is 60.1 Å². The number of halogens is 1. The van der Waals surface area contributed by atoms with Crippen molar-refractivity contribution in [2.75, 3.05) is 18.0 Å². The lowest BCUT2D eigenvalue weighted by atomic mass is 10.0. The SMILES string of the molecule is C[C@@H](NC(=O)C[C@H]1CCN(c2nc3ccccc3s2)C1)c1cc2cc(F)ccc2o1. The van der Waals surface area contributed by atoms with Crippen molar-refractivity contribution in [1.29, 1.82) is 0 Å². The molecule has 4 aromatic rings. The van der Waals surface area contributed by atoms with Crippen LogP contribution in [0.25, 0.3) is 21.2 Å². The summed E-state index contributed by atoms with van der Waals surface area (Å²) in [5.74, 6) is 0.635. The van der Waals surface area contributed by atoms with Gasteiger partial charge in [0.1, 0.15) is 17.2 Å². The topological polar surface area (TPSA) is 58.4 Å². The Hall–Kier alpha value is -2.93. The summed E-state index contributed by atoms with van der Waals surface area (Å²) in [7, 11) is 0. The van der Waals surface area contributed by atoms with E-state index in [0.717, 1.165) is 30.2 Å². The van der Waals surface area contributed by atoms with Gasteiger partial charge in [-0.1, -0.05) is 23.5 Å². The molecule has 0 saturated carbocycles. The number of para-hydroxylation sites is 1. The van der Waals surface area contributed by atoms with E-state index < -0.39 is 0 Å². The minimum absolute atomic E-state index is 0.00489. The maximum absolute atomic E-state index is 13.4. The van der Waals surface area contributed by atoms with E-state index >= 15 is 0 Å². The summed E-state index contributed by atoms with van der Waals surface area (Å²) in [4.78, 5) is 19.6. The second-order valence-corrected chi connectivity index (χ2v) is 8.90. The smallest absolute Gasteiger partial charge is 0.220 e. The van der Waals surface area contributed by atoms with Gasteiger partial charge in [-0.2, -0.15) is 0 Å². The van der Waals surface area contributed by atoms with Crippen LogP contribution in [0, 0.1) is 11.7 Å². The van der Waals surface area contributed by atoms with Crippen molar-refractivity contribution in [2.24, 2.45) is 5.92 Å². The molecule has 0 aliphatic carbocycles. The Bertz CT molecular complexity index is 1180. The maximum Gasteiger partial charge on any atom is 0.220 e. The zero-order chi connectivity index (χ0) is 20.7. The minimum atomic E-state index is -0.301. The molecule has 2 aromatic heterocycles. The van der Waals surface area contributed by atoms with Crippen molar-refractivity contribution in [1.82, 2.24) is 10.3 Å². The molecule has 30 heavy (non-hydrogen) atoms. The number of anilines is 1. The summed E-state index contributed by atoms with van der Waals surface area (Å²) >= 11 is 1.70. The number of hydrogen-bond donors (Lipinski definition) is 1. The van der Waals surface area contributed by atoms with Gasteiger partial charge in [-0.25, -0.2) is 9.37 Å². The van der Waals surface area contributed by atoms with Gasteiger partial charge in [-0.3, -0.25) is 4.79 Å². The monoisotopic (exact) mass is 423 g/mol. The molecule has 1 N–H and O–H groups in total. The number of nitrogens with zero attached hydrogens (tertiary/aromatic N) is 2. The fourth-order valence-corrected chi connectivity index (χ4v) is 5.05. The molecule has 2 aromatic carbocycles. The first-order chi connectivity index (χ1) is 14.5. The van der Waals surface area contributed by atoms with Gasteiger partial charge in [0.2, 0.25) is 5.91 Å². The van der Waals surface area contributed by atoms with Gasteiger partial charge >= 0.3 is 0 Å². The van der Waals surface area contributed by atoms with Crippen molar-refractivity contribution < 1.29 is 13.6 Å². The van der Waals surface area contributed by atoms with Crippen molar-refractivity contribution >= 4 is 43.6 Å². The molecule has 0 unspecified atom stereocenters. The Morgan fingerprint density at radius 2 is 2.20 bits per heavy atom. The number of carbonyl (C=O) groups is 1. The van der Waals surface area contributed by atoms with Crippen molar-refractivity contribution in [3.8, 4) is 0 Å². The Morgan fingerprint density at radius 3 is 3.07 bits per heavy atom. The number of rotatable bonds is 5. The van der Waals surface area contributed by atoms with Crippen molar-refractivity contribution in [3.63, 3.8) is 0 Å². The largest absolute Gasteiger partial charge is 0.459 e. The van der Waals surface area contributed by atoms with Gasteiger partial charge in [0.05, 0.1) is 16.3 Å². The highest BCUT2D eigenvalue weighted by Crippen LogP contribution is 2.33. The summed E-state index contributed by atoms with van der Waals surface area (Å²) < 4.78 is 20.3. The first kappa shape index (κ1) is 19.1. The molecule has 5 nitrogen and oxygen atoms in total. The lowest BCUT2D eigenvalue weighted by Gasteiger charge is -2.16. The van der Waals surface area contributed by atoms with Crippen LogP contribution in [-0.2, 0) is 4.79 Å². The number of hydrogen-bond acceptors (Lipinski definition) is 5. The van der Waals surface area contributed by atoms with Gasteiger partial charge in [0.15, 0.2) is 5.13 Å². The molecule has 1 amide bonds. The van der Waals surface area contributed by atoms with Crippen LogP contribution in [0.4, 0.5) is 9.52 Å². The van der Waals surface area contributed by atoms with E-state index in [1.807, 2.05) is 25.1 Å². The number of nitrogens with one attached hydrogen (secondary N) is 1. The molecule has 154 valence electrons. The molecule has 1 aliphatic rings. The predicted octanol–water partition coefficient (Wildman–Crippen LogP) is 5.28. The number of carbonyl (C=O) groups excluding carboxylic acids is 1. The van der Waals surface area contributed by atoms with E-state index in [-0.39, 0.29) is 17.8 Å². The first-order valence-electron chi connectivity index (χ1n) is 10.1. The summed E-state index contributed by atoms with van der Waals surface area (Å²) in [5.41, 5.74) is 1.65. The Morgan fingerprint density at radius 1 is 1.33 bits per heavy atom. The molecule has 1 saturated heterocycles. The van der Waals surface area contributed by atoms with Gasteiger partial charge in [0, 0.05) is 24.9 Å². The highest BCUT2D eigenvalue weighted by atomic mass is 32.1. The third-order valence-corrected chi connectivity index (χ3v) is 6.71. The second-order valence-electron chi connectivity index (χ2n) is 7.89. The molecular formula is C23H22FN3O2S. The van der Waals surface area contributed by atoms with E-state index in [2.05, 4.69) is 16.3 Å². The van der Waals surface area contributed by atoms with Crippen LogP contribution >= 0.6 is 11.3 Å². The Labute approximate surface area is 177 Å². The quantitative estimate of drug-likeness (QED) is 0.475. The van der Waals surface area contributed by atoms with Crippen LogP contribution < -0.4 is 10.2 Å². The van der Waals surface area contributed by atoms with Crippen LogP contribution in [0.2, 0.25) is 0 Å². The average molecular weight is 424 g/mol. The van der Waals surface area contributed by atoms with E-state index in [1.54, 1.807) is 23.5 Å². The van der Waals surface area contributed by atoms with Crippen LogP contribution in [0.5, 0.6) is 0 Å². The highest BCUT2D eigenvalue weighted by molar-refractivity contribution is 7.22. The molecule has 7 heteroatoms. The van der Waals surface area contributed by atoms with Gasteiger partial charge in [-0.05, 0) is 55.7 Å². The molecule has 1 aliphatic heterocycles. The minimum Gasteiger partial charge on any atom is -0.459 e. The van der Waals surface area contributed by atoms with E-state index in [1.165, 1.54) is 16.8 Å². The summed E-state index contributed by atoms with van der Waals surface area (Å²) in [6, 6.07) is 14.1.